The van der Waals surface area contributed by atoms with Crippen molar-refractivity contribution in [1.29, 1.82) is 0 Å². The summed E-state index contributed by atoms with van der Waals surface area (Å²) in [6.45, 7) is 3.42. The van der Waals surface area contributed by atoms with Gasteiger partial charge < -0.3 is 24.3 Å². The van der Waals surface area contributed by atoms with E-state index < -0.39 is 0 Å². The third-order valence-corrected chi connectivity index (χ3v) is 5.02. The molecule has 3 rings (SSSR count). The molecule has 160 valence electrons. The van der Waals surface area contributed by atoms with Crippen LogP contribution in [0.3, 0.4) is 0 Å². The Bertz CT molecular complexity index is 873. The summed E-state index contributed by atoms with van der Waals surface area (Å²) in [6, 6.07) is 10.4. The molecule has 8 nitrogen and oxygen atoms in total. The fourth-order valence-corrected chi connectivity index (χ4v) is 3.47. The van der Waals surface area contributed by atoms with Crippen LogP contribution in [0.25, 0.3) is 0 Å². The average molecular weight is 413 g/mol. The Kier molecular flexibility index (Phi) is 7.11. The number of furan rings is 1. The molecule has 0 spiro atoms. The Morgan fingerprint density at radius 2 is 1.90 bits per heavy atom. The van der Waals surface area contributed by atoms with Gasteiger partial charge in [-0.2, -0.15) is 0 Å². The van der Waals surface area contributed by atoms with Crippen molar-refractivity contribution in [1.82, 2.24) is 15.1 Å². The van der Waals surface area contributed by atoms with E-state index in [2.05, 4.69) is 5.32 Å². The Balaban J connectivity index is 1.48. The lowest BCUT2D eigenvalue weighted by atomic mass is 10.0. The third-order valence-electron chi connectivity index (χ3n) is 5.02. The lowest BCUT2D eigenvalue weighted by Crippen LogP contribution is -2.48. The first-order chi connectivity index (χ1) is 14.5. The Morgan fingerprint density at radius 3 is 2.57 bits per heavy atom. The highest BCUT2D eigenvalue weighted by molar-refractivity contribution is 5.97. The molecule has 3 amide bonds. The molecule has 1 aromatic carbocycles. The number of para-hydroxylation sites is 1. The SMILES string of the molecule is CCOc1ccccc1C(=O)N1CCC(NC(=O)CN(C)C(=O)c2ccco2)CC1. The topological polar surface area (TPSA) is 92.1 Å². The molecule has 0 aliphatic carbocycles. The molecule has 1 aliphatic rings. The maximum Gasteiger partial charge on any atom is 0.289 e. The fourth-order valence-electron chi connectivity index (χ4n) is 3.47. The zero-order valence-electron chi connectivity index (χ0n) is 17.3. The van der Waals surface area contributed by atoms with E-state index in [-0.39, 0.29) is 36.1 Å². The second-order valence-corrected chi connectivity index (χ2v) is 7.20. The van der Waals surface area contributed by atoms with Crippen LogP contribution in [0.1, 0.15) is 40.7 Å². The number of likely N-dealkylation sites (N-methyl/N-ethyl adjacent to an activating group) is 1. The highest BCUT2D eigenvalue weighted by Crippen LogP contribution is 2.22. The first-order valence-corrected chi connectivity index (χ1v) is 10.1. The molecular formula is C22H27N3O5. The summed E-state index contributed by atoms with van der Waals surface area (Å²) in [4.78, 5) is 40.4. The molecule has 1 N–H and O–H groups in total. The number of nitrogens with one attached hydrogen (secondary N) is 1. The molecule has 2 heterocycles. The van der Waals surface area contributed by atoms with E-state index in [1.54, 1.807) is 36.2 Å². The smallest absolute Gasteiger partial charge is 0.289 e. The zero-order chi connectivity index (χ0) is 21.5. The van der Waals surface area contributed by atoms with E-state index in [0.717, 1.165) is 0 Å². The van der Waals surface area contributed by atoms with Crippen molar-refractivity contribution in [2.75, 3.05) is 33.3 Å². The summed E-state index contributed by atoms with van der Waals surface area (Å²) in [5.41, 5.74) is 0.555. The summed E-state index contributed by atoms with van der Waals surface area (Å²) in [6.07, 6.45) is 2.73. The minimum atomic E-state index is -0.344. The van der Waals surface area contributed by atoms with E-state index in [1.165, 1.54) is 11.2 Å². The maximum absolute atomic E-state index is 12.9. The van der Waals surface area contributed by atoms with Crippen LogP contribution < -0.4 is 10.1 Å². The number of piperidine rings is 1. The Labute approximate surface area is 175 Å². The van der Waals surface area contributed by atoms with Gasteiger partial charge in [-0.1, -0.05) is 12.1 Å². The lowest BCUT2D eigenvalue weighted by Gasteiger charge is -2.33. The highest BCUT2D eigenvalue weighted by Gasteiger charge is 2.27. The van der Waals surface area contributed by atoms with Gasteiger partial charge in [0, 0.05) is 26.2 Å². The highest BCUT2D eigenvalue weighted by atomic mass is 16.5. The summed E-state index contributed by atoms with van der Waals surface area (Å²) >= 11 is 0. The number of ether oxygens (including phenoxy) is 1. The fraction of sp³-hybridized carbons (Fsp3) is 0.409. The molecule has 2 aromatic rings. The monoisotopic (exact) mass is 413 g/mol. The van der Waals surface area contributed by atoms with Gasteiger partial charge >= 0.3 is 0 Å². The van der Waals surface area contributed by atoms with Gasteiger partial charge in [0.25, 0.3) is 11.8 Å². The second-order valence-electron chi connectivity index (χ2n) is 7.20. The maximum atomic E-state index is 12.9. The number of hydrogen-bond donors (Lipinski definition) is 1. The standard InChI is InChI=1S/C22H27N3O5/c1-3-29-18-8-5-4-7-17(18)21(27)25-12-10-16(11-13-25)23-20(26)15-24(2)22(28)19-9-6-14-30-19/h4-9,14,16H,3,10-13,15H2,1-2H3,(H,23,26). The number of amides is 3. The van der Waals surface area contributed by atoms with Gasteiger partial charge in [0.05, 0.1) is 25.0 Å². The van der Waals surface area contributed by atoms with Gasteiger partial charge in [-0.25, -0.2) is 0 Å². The normalized spacial score (nSPS) is 14.3. The van der Waals surface area contributed by atoms with Crippen LogP contribution in [0.5, 0.6) is 5.75 Å². The molecule has 0 atom stereocenters. The van der Waals surface area contributed by atoms with Crippen LogP contribution in [-0.4, -0.2) is 66.9 Å². The molecule has 30 heavy (non-hydrogen) atoms. The van der Waals surface area contributed by atoms with Gasteiger partial charge in [-0.15, -0.1) is 0 Å². The van der Waals surface area contributed by atoms with Gasteiger partial charge in [-0.3, -0.25) is 14.4 Å². The van der Waals surface area contributed by atoms with Crippen LogP contribution in [0.4, 0.5) is 0 Å². The lowest BCUT2D eigenvalue weighted by molar-refractivity contribution is -0.122. The first kappa shape index (κ1) is 21.4. The van der Waals surface area contributed by atoms with Crippen molar-refractivity contribution < 1.29 is 23.5 Å². The van der Waals surface area contributed by atoms with Crippen LogP contribution in [-0.2, 0) is 4.79 Å². The zero-order valence-corrected chi connectivity index (χ0v) is 17.3. The Hall–Kier alpha value is -3.29. The largest absolute Gasteiger partial charge is 0.493 e. The first-order valence-electron chi connectivity index (χ1n) is 10.1. The molecule has 0 unspecified atom stereocenters. The van der Waals surface area contributed by atoms with Crippen molar-refractivity contribution >= 4 is 17.7 Å². The Morgan fingerprint density at radius 1 is 1.17 bits per heavy atom. The number of benzene rings is 1. The number of rotatable bonds is 7. The van der Waals surface area contributed by atoms with Crippen molar-refractivity contribution in [2.24, 2.45) is 0 Å². The van der Waals surface area contributed by atoms with E-state index in [4.69, 9.17) is 9.15 Å². The molecule has 8 heteroatoms. The van der Waals surface area contributed by atoms with Crippen LogP contribution in [0.2, 0.25) is 0 Å². The average Bonchev–Trinajstić information content (AvgIpc) is 3.28. The van der Waals surface area contributed by atoms with Gasteiger partial charge in [0.2, 0.25) is 5.91 Å². The van der Waals surface area contributed by atoms with Crippen molar-refractivity contribution in [2.45, 2.75) is 25.8 Å². The van der Waals surface area contributed by atoms with Crippen molar-refractivity contribution in [3.63, 3.8) is 0 Å². The number of carbonyl (C=O) groups excluding carboxylic acids is 3. The summed E-state index contributed by atoms with van der Waals surface area (Å²) in [5, 5.41) is 2.95. The second kappa shape index (κ2) is 9.96. The third kappa shape index (κ3) is 5.20. The van der Waals surface area contributed by atoms with Crippen molar-refractivity contribution in [3.05, 3.63) is 54.0 Å². The molecule has 0 bridgehead atoms. The molecule has 0 radical (unpaired) electrons. The predicted molar refractivity (Wildman–Crippen MR) is 110 cm³/mol. The van der Waals surface area contributed by atoms with Crippen molar-refractivity contribution in [3.8, 4) is 5.75 Å². The summed E-state index contributed by atoms with van der Waals surface area (Å²) in [5.74, 6) is 0.147. The number of nitrogens with zero attached hydrogens (tertiary/aromatic N) is 2. The number of likely N-dealkylation sites (tertiary alicyclic amines) is 1. The van der Waals surface area contributed by atoms with E-state index in [0.29, 0.717) is 43.9 Å². The molecule has 1 fully saturated rings. The van der Waals surface area contributed by atoms with Gasteiger partial charge in [0.1, 0.15) is 5.75 Å². The van der Waals surface area contributed by atoms with Crippen LogP contribution >= 0.6 is 0 Å². The number of hydrogen-bond acceptors (Lipinski definition) is 5. The summed E-state index contributed by atoms with van der Waals surface area (Å²) < 4.78 is 10.6. The molecule has 1 aliphatic heterocycles. The summed E-state index contributed by atoms with van der Waals surface area (Å²) in [7, 11) is 1.56. The molecular weight excluding hydrogens is 386 g/mol. The quantitative estimate of drug-likeness (QED) is 0.751. The van der Waals surface area contributed by atoms with E-state index in [9.17, 15) is 14.4 Å². The minimum absolute atomic E-state index is 0.0317. The molecule has 0 saturated carbocycles. The minimum Gasteiger partial charge on any atom is -0.493 e. The van der Waals surface area contributed by atoms with Crippen LogP contribution in [0.15, 0.2) is 47.1 Å². The number of carbonyl (C=O) groups is 3. The van der Waals surface area contributed by atoms with E-state index in [1.807, 2.05) is 19.1 Å². The van der Waals surface area contributed by atoms with Gasteiger partial charge in [0.15, 0.2) is 5.76 Å². The molecule has 1 aromatic heterocycles. The van der Waals surface area contributed by atoms with Gasteiger partial charge in [-0.05, 0) is 44.0 Å². The predicted octanol–water partition coefficient (Wildman–Crippen LogP) is 2.17. The van der Waals surface area contributed by atoms with E-state index >= 15 is 0 Å². The molecule has 1 saturated heterocycles. The van der Waals surface area contributed by atoms with Crippen LogP contribution in [0, 0.1) is 0 Å².